The molecule has 6 heteroatoms. The summed E-state index contributed by atoms with van der Waals surface area (Å²) in [6, 6.07) is 7.02. The zero-order chi connectivity index (χ0) is 15.1. The van der Waals surface area contributed by atoms with E-state index in [1.165, 1.54) is 18.6 Å². The predicted molar refractivity (Wildman–Crippen MR) is 79.0 cm³/mol. The molecule has 0 atom stereocenters. The number of phenols is 1. The molecule has 0 radical (unpaired) electrons. The average Bonchev–Trinajstić information content (AvgIpc) is 2.53. The minimum atomic E-state index is -0.382. The number of hydrogen-bond donors (Lipinski definition) is 2. The Morgan fingerprint density at radius 3 is 2.71 bits per heavy atom. The smallest absolute Gasteiger partial charge is 0.291 e. The first kappa shape index (κ1) is 14.6. The quantitative estimate of drug-likeness (QED) is 0.648. The first-order valence-corrected chi connectivity index (χ1v) is 6.52. The Morgan fingerprint density at radius 2 is 2.05 bits per heavy atom. The first-order valence-electron chi connectivity index (χ1n) is 6.52. The number of aromatic hydroxyl groups is 1. The van der Waals surface area contributed by atoms with E-state index in [2.05, 4.69) is 20.5 Å². The fraction of sp³-hybridized carbons (Fsp3) is 0.200. The molecule has 0 fully saturated rings. The molecule has 0 spiro atoms. The number of hydrazone groups is 1. The zero-order valence-corrected chi connectivity index (χ0v) is 11.7. The standard InChI is InChI=1S/C15H16N4O2/c1-11(2-3-12-4-6-13(20)7-5-12)18-19-15(21)14-10-16-8-9-17-14/h4-10,20H,2-3H2,1H3,(H,19,21). The summed E-state index contributed by atoms with van der Waals surface area (Å²) in [7, 11) is 0. The predicted octanol–water partition coefficient (Wildman–Crippen LogP) is 1.92. The molecule has 2 N–H and O–H groups in total. The van der Waals surface area contributed by atoms with Gasteiger partial charge >= 0.3 is 0 Å². The number of amides is 1. The van der Waals surface area contributed by atoms with E-state index in [0.717, 1.165) is 17.7 Å². The van der Waals surface area contributed by atoms with Gasteiger partial charge in [0.2, 0.25) is 0 Å². The van der Waals surface area contributed by atoms with Gasteiger partial charge in [0, 0.05) is 18.1 Å². The van der Waals surface area contributed by atoms with Crippen molar-refractivity contribution in [3.63, 3.8) is 0 Å². The van der Waals surface area contributed by atoms with E-state index >= 15 is 0 Å². The Morgan fingerprint density at radius 1 is 1.29 bits per heavy atom. The van der Waals surface area contributed by atoms with Gasteiger partial charge in [-0.15, -0.1) is 0 Å². The number of hydrogen-bond acceptors (Lipinski definition) is 5. The average molecular weight is 284 g/mol. The maximum absolute atomic E-state index is 11.7. The van der Waals surface area contributed by atoms with Crippen molar-refractivity contribution in [2.75, 3.05) is 0 Å². The van der Waals surface area contributed by atoms with Gasteiger partial charge in [-0.3, -0.25) is 9.78 Å². The van der Waals surface area contributed by atoms with Crippen molar-refractivity contribution in [1.29, 1.82) is 0 Å². The van der Waals surface area contributed by atoms with Crippen LogP contribution < -0.4 is 5.43 Å². The Labute approximate surface area is 122 Å². The summed E-state index contributed by atoms with van der Waals surface area (Å²) in [5.41, 5.74) is 4.59. The molecule has 1 amide bonds. The summed E-state index contributed by atoms with van der Waals surface area (Å²) in [4.78, 5) is 19.4. The van der Waals surface area contributed by atoms with Crippen LogP contribution in [0.15, 0.2) is 48.0 Å². The van der Waals surface area contributed by atoms with Crippen LogP contribution in [0.25, 0.3) is 0 Å². The third-order valence-electron chi connectivity index (χ3n) is 2.86. The lowest BCUT2D eigenvalue weighted by Gasteiger charge is -2.03. The Hall–Kier alpha value is -2.76. The lowest BCUT2D eigenvalue weighted by molar-refractivity contribution is 0.0949. The van der Waals surface area contributed by atoms with Crippen molar-refractivity contribution in [2.24, 2.45) is 5.10 Å². The highest BCUT2D eigenvalue weighted by molar-refractivity contribution is 5.93. The highest BCUT2D eigenvalue weighted by Crippen LogP contribution is 2.11. The van der Waals surface area contributed by atoms with E-state index in [1.807, 2.05) is 19.1 Å². The third kappa shape index (κ3) is 4.68. The van der Waals surface area contributed by atoms with Crippen molar-refractivity contribution >= 4 is 11.6 Å². The fourth-order valence-electron chi connectivity index (χ4n) is 1.66. The number of carbonyl (C=O) groups excluding carboxylic acids is 1. The van der Waals surface area contributed by atoms with Crippen LogP contribution in [0.5, 0.6) is 5.75 Å². The third-order valence-corrected chi connectivity index (χ3v) is 2.86. The molecule has 6 nitrogen and oxygen atoms in total. The lowest BCUT2D eigenvalue weighted by atomic mass is 10.1. The minimum Gasteiger partial charge on any atom is -0.508 e. The summed E-state index contributed by atoms with van der Waals surface area (Å²) in [6.07, 6.45) is 5.85. The molecule has 2 aromatic rings. The molecule has 0 saturated heterocycles. The van der Waals surface area contributed by atoms with Crippen LogP contribution >= 0.6 is 0 Å². The van der Waals surface area contributed by atoms with Crippen LogP contribution in [0.1, 0.15) is 29.4 Å². The number of benzene rings is 1. The number of nitrogens with zero attached hydrogens (tertiary/aromatic N) is 3. The van der Waals surface area contributed by atoms with Gasteiger partial charge < -0.3 is 5.11 Å². The van der Waals surface area contributed by atoms with Crippen molar-refractivity contribution < 1.29 is 9.90 Å². The van der Waals surface area contributed by atoms with Crippen LogP contribution in [-0.2, 0) is 6.42 Å². The van der Waals surface area contributed by atoms with Gasteiger partial charge in [-0.05, 0) is 37.5 Å². The highest BCUT2D eigenvalue weighted by atomic mass is 16.3. The van der Waals surface area contributed by atoms with Crippen molar-refractivity contribution in [3.8, 4) is 5.75 Å². The number of carbonyl (C=O) groups is 1. The maximum atomic E-state index is 11.7. The molecule has 108 valence electrons. The molecule has 2 rings (SSSR count). The molecule has 1 heterocycles. The van der Waals surface area contributed by atoms with Gasteiger partial charge in [0.15, 0.2) is 0 Å². The fourth-order valence-corrected chi connectivity index (χ4v) is 1.66. The van der Waals surface area contributed by atoms with Crippen molar-refractivity contribution in [2.45, 2.75) is 19.8 Å². The van der Waals surface area contributed by atoms with Gasteiger partial charge in [0.25, 0.3) is 5.91 Å². The number of nitrogens with one attached hydrogen (secondary N) is 1. The molecule has 1 aromatic heterocycles. The van der Waals surface area contributed by atoms with E-state index in [-0.39, 0.29) is 17.4 Å². The van der Waals surface area contributed by atoms with Crippen LogP contribution in [0.2, 0.25) is 0 Å². The number of rotatable bonds is 5. The summed E-state index contributed by atoms with van der Waals surface area (Å²) in [6.45, 7) is 1.84. The number of aryl methyl sites for hydroxylation is 1. The maximum Gasteiger partial charge on any atom is 0.291 e. The molecular formula is C15H16N4O2. The molecule has 1 aromatic carbocycles. The Bertz CT molecular complexity index is 624. The van der Waals surface area contributed by atoms with Crippen molar-refractivity contribution in [1.82, 2.24) is 15.4 Å². The highest BCUT2D eigenvalue weighted by Gasteiger charge is 2.05. The normalized spacial score (nSPS) is 11.2. The second-order valence-corrected chi connectivity index (χ2v) is 4.55. The summed E-state index contributed by atoms with van der Waals surface area (Å²) in [5.74, 6) is -0.132. The van der Waals surface area contributed by atoms with Gasteiger partial charge in [-0.25, -0.2) is 10.4 Å². The van der Waals surface area contributed by atoms with Gasteiger partial charge in [-0.2, -0.15) is 5.10 Å². The molecule has 0 aliphatic rings. The van der Waals surface area contributed by atoms with E-state index in [4.69, 9.17) is 0 Å². The van der Waals surface area contributed by atoms with E-state index in [9.17, 15) is 9.90 Å². The summed E-state index contributed by atoms with van der Waals surface area (Å²) in [5, 5.41) is 13.2. The Kier molecular flexibility index (Phi) is 4.98. The summed E-state index contributed by atoms with van der Waals surface area (Å²) < 4.78 is 0. The second-order valence-electron chi connectivity index (χ2n) is 4.55. The largest absolute Gasteiger partial charge is 0.508 e. The van der Waals surface area contributed by atoms with Crippen LogP contribution in [-0.4, -0.2) is 26.7 Å². The molecule has 21 heavy (non-hydrogen) atoms. The topological polar surface area (TPSA) is 87.5 Å². The van der Waals surface area contributed by atoms with Gasteiger partial charge in [0.05, 0.1) is 6.20 Å². The SMILES string of the molecule is CC(CCc1ccc(O)cc1)=NNC(=O)c1cnccn1. The minimum absolute atomic E-state index is 0.229. The first-order chi connectivity index (χ1) is 10.1. The van der Waals surface area contributed by atoms with Gasteiger partial charge in [-0.1, -0.05) is 12.1 Å². The molecule has 0 aliphatic heterocycles. The van der Waals surface area contributed by atoms with E-state index in [1.54, 1.807) is 12.1 Å². The van der Waals surface area contributed by atoms with Gasteiger partial charge in [0.1, 0.15) is 11.4 Å². The monoisotopic (exact) mass is 284 g/mol. The van der Waals surface area contributed by atoms with Crippen LogP contribution in [0.3, 0.4) is 0 Å². The zero-order valence-electron chi connectivity index (χ0n) is 11.7. The molecule has 0 aliphatic carbocycles. The van der Waals surface area contributed by atoms with Crippen molar-refractivity contribution in [3.05, 3.63) is 54.1 Å². The van der Waals surface area contributed by atoms with E-state index < -0.39 is 0 Å². The Balaban J connectivity index is 1.84. The van der Waals surface area contributed by atoms with Crippen LogP contribution in [0, 0.1) is 0 Å². The lowest BCUT2D eigenvalue weighted by Crippen LogP contribution is -2.20. The molecule has 0 bridgehead atoms. The molecule has 0 saturated carbocycles. The van der Waals surface area contributed by atoms with Crippen LogP contribution in [0.4, 0.5) is 0 Å². The number of aromatic nitrogens is 2. The molecule has 0 unspecified atom stereocenters. The second kappa shape index (κ2) is 7.14. The molecular weight excluding hydrogens is 268 g/mol. The summed E-state index contributed by atoms with van der Waals surface area (Å²) >= 11 is 0. The number of phenolic OH excluding ortho intramolecular Hbond substituents is 1. The van der Waals surface area contributed by atoms with E-state index in [0.29, 0.717) is 6.42 Å².